The Balaban J connectivity index is 1.69. The van der Waals surface area contributed by atoms with Gasteiger partial charge in [0.2, 0.25) is 5.91 Å². The summed E-state index contributed by atoms with van der Waals surface area (Å²) in [4.78, 5) is 19.7. The van der Waals surface area contributed by atoms with Crippen LogP contribution in [-0.4, -0.2) is 33.4 Å². The minimum atomic E-state index is 0.195. The minimum Gasteiger partial charge on any atom is -0.341 e. The van der Waals surface area contributed by atoms with Crippen molar-refractivity contribution in [2.75, 3.05) is 13.1 Å². The number of likely N-dealkylation sites (tertiary alicyclic amines) is 1. The highest BCUT2D eigenvalue weighted by atomic mass is 32.1. The number of nitrogens with zero attached hydrogens (tertiary/aromatic N) is 3. The zero-order valence-electron chi connectivity index (χ0n) is 11.5. The van der Waals surface area contributed by atoms with Crippen LogP contribution in [0.2, 0.25) is 0 Å². The van der Waals surface area contributed by atoms with Crippen LogP contribution in [0.5, 0.6) is 0 Å². The molecule has 21 heavy (non-hydrogen) atoms. The fourth-order valence-electron chi connectivity index (χ4n) is 2.59. The maximum atomic E-state index is 12.1. The summed E-state index contributed by atoms with van der Waals surface area (Å²) in [7, 11) is 0. The summed E-state index contributed by atoms with van der Waals surface area (Å²) in [6.07, 6.45) is 4.98. The molecular formula is C16H15N3OS. The van der Waals surface area contributed by atoms with Crippen LogP contribution in [0, 0.1) is 0 Å². The zero-order valence-corrected chi connectivity index (χ0v) is 12.3. The molecule has 4 nitrogen and oxygen atoms in total. The molecule has 3 aromatic rings. The lowest BCUT2D eigenvalue weighted by Gasteiger charge is -2.31. The second kappa shape index (κ2) is 5.00. The highest BCUT2D eigenvalue weighted by molar-refractivity contribution is 7.13. The maximum Gasteiger partial charge on any atom is 0.242 e. The van der Waals surface area contributed by atoms with Gasteiger partial charge in [-0.1, -0.05) is 6.07 Å². The van der Waals surface area contributed by atoms with Gasteiger partial charge < -0.3 is 9.47 Å². The van der Waals surface area contributed by atoms with Crippen molar-refractivity contribution in [3.63, 3.8) is 0 Å². The monoisotopic (exact) mass is 297 g/mol. The molecule has 0 aliphatic carbocycles. The largest absolute Gasteiger partial charge is 0.341 e. The molecule has 0 spiro atoms. The molecule has 106 valence electrons. The summed E-state index contributed by atoms with van der Waals surface area (Å²) in [5, 5.41) is 2.06. The first-order valence-electron chi connectivity index (χ1n) is 7.08. The lowest BCUT2D eigenvalue weighted by atomic mass is 10.2. The van der Waals surface area contributed by atoms with Crippen molar-refractivity contribution < 1.29 is 4.79 Å². The standard InChI is InChI=1S/C16H15N3OS/c20-16(18-5-2-6-18)11-19-7-4-13-14(19)9-12(10-17-13)15-3-1-8-21-15/h1,3-4,7-10H,2,5-6,11H2. The van der Waals surface area contributed by atoms with Gasteiger partial charge in [0.05, 0.1) is 11.0 Å². The SMILES string of the molecule is O=C(Cn1ccc2ncc(-c3cccs3)cc21)N1CCC1. The molecular weight excluding hydrogens is 282 g/mol. The van der Waals surface area contributed by atoms with Crippen molar-refractivity contribution in [1.29, 1.82) is 0 Å². The highest BCUT2D eigenvalue weighted by Gasteiger charge is 2.20. The number of hydrogen-bond donors (Lipinski definition) is 0. The van der Waals surface area contributed by atoms with Gasteiger partial charge in [-0.15, -0.1) is 11.3 Å². The van der Waals surface area contributed by atoms with E-state index in [1.54, 1.807) is 11.3 Å². The Morgan fingerprint density at radius 1 is 1.33 bits per heavy atom. The van der Waals surface area contributed by atoms with Crippen LogP contribution in [0.15, 0.2) is 42.0 Å². The molecule has 1 amide bonds. The van der Waals surface area contributed by atoms with Gasteiger partial charge in [-0.05, 0) is 30.0 Å². The Labute approximate surface area is 126 Å². The van der Waals surface area contributed by atoms with Gasteiger partial charge in [0.15, 0.2) is 0 Å². The first-order chi connectivity index (χ1) is 10.3. The smallest absolute Gasteiger partial charge is 0.242 e. The van der Waals surface area contributed by atoms with Crippen LogP contribution in [0.3, 0.4) is 0 Å². The molecule has 4 rings (SSSR count). The van der Waals surface area contributed by atoms with Crippen LogP contribution in [-0.2, 0) is 11.3 Å². The normalized spacial score (nSPS) is 14.4. The summed E-state index contributed by atoms with van der Waals surface area (Å²) in [6.45, 7) is 2.20. The molecule has 0 bridgehead atoms. The third-order valence-electron chi connectivity index (χ3n) is 3.94. The number of amides is 1. The molecule has 0 atom stereocenters. The molecule has 3 aromatic heterocycles. The second-order valence-corrected chi connectivity index (χ2v) is 6.23. The average Bonchev–Trinajstić information content (AvgIpc) is 3.06. The molecule has 0 N–H and O–H groups in total. The van der Waals surface area contributed by atoms with Crippen LogP contribution in [0.1, 0.15) is 6.42 Å². The number of carbonyl (C=O) groups is 1. The van der Waals surface area contributed by atoms with Crippen LogP contribution < -0.4 is 0 Å². The third-order valence-corrected chi connectivity index (χ3v) is 4.86. The molecule has 1 aliphatic heterocycles. The number of aromatic nitrogens is 2. The Morgan fingerprint density at radius 3 is 2.95 bits per heavy atom. The van der Waals surface area contributed by atoms with Gasteiger partial charge in [-0.3, -0.25) is 9.78 Å². The fraction of sp³-hybridized carbons (Fsp3) is 0.250. The van der Waals surface area contributed by atoms with Crippen molar-refractivity contribution in [2.24, 2.45) is 0 Å². The predicted octanol–water partition coefficient (Wildman–Crippen LogP) is 3.00. The van der Waals surface area contributed by atoms with Gasteiger partial charge in [-0.2, -0.15) is 0 Å². The summed E-state index contributed by atoms with van der Waals surface area (Å²) in [5.41, 5.74) is 3.07. The van der Waals surface area contributed by atoms with Gasteiger partial charge in [-0.25, -0.2) is 0 Å². The van der Waals surface area contributed by atoms with E-state index in [-0.39, 0.29) is 5.91 Å². The van der Waals surface area contributed by atoms with Crippen LogP contribution in [0.4, 0.5) is 0 Å². The van der Waals surface area contributed by atoms with E-state index in [4.69, 9.17) is 0 Å². The van der Waals surface area contributed by atoms with E-state index in [1.165, 1.54) is 4.88 Å². The average molecular weight is 297 g/mol. The van der Waals surface area contributed by atoms with Crippen LogP contribution in [0.25, 0.3) is 21.5 Å². The van der Waals surface area contributed by atoms with Crippen molar-refractivity contribution >= 4 is 28.3 Å². The zero-order chi connectivity index (χ0) is 14.2. The van der Waals surface area contributed by atoms with Crippen molar-refractivity contribution in [2.45, 2.75) is 13.0 Å². The maximum absolute atomic E-state index is 12.1. The molecule has 0 radical (unpaired) electrons. The van der Waals surface area contributed by atoms with Crippen LogP contribution >= 0.6 is 11.3 Å². The van der Waals surface area contributed by atoms with E-state index in [2.05, 4.69) is 22.5 Å². The van der Waals surface area contributed by atoms with Gasteiger partial charge in [0, 0.05) is 35.9 Å². The molecule has 0 unspecified atom stereocenters. The van der Waals surface area contributed by atoms with E-state index in [1.807, 2.05) is 34.0 Å². The molecule has 5 heteroatoms. The summed E-state index contributed by atoms with van der Waals surface area (Å²) < 4.78 is 2.00. The number of carbonyl (C=O) groups excluding carboxylic acids is 1. The number of hydrogen-bond acceptors (Lipinski definition) is 3. The van der Waals surface area contributed by atoms with E-state index in [9.17, 15) is 4.79 Å². The van der Waals surface area contributed by atoms with Gasteiger partial charge >= 0.3 is 0 Å². The lowest BCUT2D eigenvalue weighted by Crippen LogP contribution is -2.43. The first kappa shape index (κ1) is 12.6. The molecule has 1 saturated heterocycles. The number of rotatable bonds is 3. The number of fused-ring (bicyclic) bond motifs is 1. The summed E-state index contributed by atoms with van der Waals surface area (Å²) in [5.74, 6) is 0.195. The van der Waals surface area contributed by atoms with E-state index in [0.717, 1.165) is 36.1 Å². The molecule has 0 aromatic carbocycles. The lowest BCUT2D eigenvalue weighted by molar-refractivity contribution is -0.135. The Kier molecular flexibility index (Phi) is 3.00. The Hall–Kier alpha value is -2.14. The van der Waals surface area contributed by atoms with Gasteiger partial charge in [0.25, 0.3) is 0 Å². The minimum absolute atomic E-state index is 0.195. The second-order valence-electron chi connectivity index (χ2n) is 5.28. The number of pyridine rings is 1. The van der Waals surface area contributed by atoms with E-state index in [0.29, 0.717) is 6.54 Å². The summed E-state index contributed by atoms with van der Waals surface area (Å²) >= 11 is 1.70. The van der Waals surface area contributed by atoms with Crippen molar-refractivity contribution in [1.82, 2.24) is 14.5 Å². The molecule has 0 saturated carbocycles. The topological polar surface area (TPSA) is 38.1 Å². The van der Waals surface area contributed by atoms with E-state index < -0.39 is 0 Å². The first-order valence-corrected chi connectivity index (χ1v) is 7.96. The fourth-order valence-corrected chi connectivity index (χ4v) is 3.30. The molecule has 1 aliphatic rings. The highest BCUT2D eigenvalue weighted by Crippen LogP contribution is 2.27. The van der Waals surface area contributed by atoms with Gasteiger partial charge in [0.1, 0.15) is 6.54 Å². The summed E-state index contributed by atoms with van der Waals surface area (Å²) in [6, 6.07) is 8.22. The van der Waals surface area contributed by atoms with Crippen molar-refractivity contribution in [3.05, 3.63) is 42.0 Å². The molecule has 1 fully saturated rings. The Morgan fingerprint density at radius 2 is 2.24 bits per heavy atom. The quantitative estimate of drug-likeness (QED) is 0.745. The third kappa shape index (κ3) is 2.23. The predicted molar refractivity (Wildman–Crippen MR) is 84.2 cm³/mol. The number of thiophene rings is 1. The van der Waals surface area contributed by atoms with E-state index >= 15 is 0 Å². The Bertz CT molecular complexity index is 787. The molecule has 4 heterocycles. The van der Waals surface area contributed by atoms with Crippen molar-refractivity contribution in [3.8, 4) is 10.4 Å².